The normalized spacial score (nSPS) is 10.8. The number of thiazole rings is 1. The molecule has 9 heteroatoms. The second kappa shape index (κ2) is 7.28. The second-order valence-electron chi connectivity index (χ2n) is 6.10. The van der Waals surface area contributed by atoms with Crippen molar-refractivity contribution in [3.63, 3.8) is 0 Å². The van der Waals surface area contributed by atoms with Crippen LogP contribution < -0.4 is 5.32 Å². The Hall–Kier alpha value is -3.46. The Bertz CT molecular complexity index is 1150. The lowest BCUT2D eigenvalue weighted by Gasteiger charge is -2.06. The maximum absolute atomic E-state index is 13.1. The van der Waals surface area contributed by atoms with Gasteiger partial charge in [0.15, 0.2) is 5.82 Å². The first-order valence-electron chi connectivity index (χ1n) is 8.39. The zero-order valence-corrected chi connectivity index (χ0v) is 15.9. The van der Waals surface area contributed by atoms with Crippen LogP contribution in [0, 0.1) is 12.7 Å². The second-order valence-corrected chi connectivity index (χ2v) is 7.10. The summed E-state index contributed by atoms with van der Waals surface area (Å²) in [7, 11) is 1.75. The minimum Gasteiger partial charge on any atom is -0.321 e. The van der Waals surface area contributed by atoms with Crippen molar-refractivity contribution in [1.82, 2.24) is 25.2 Å². The van der Waals surface area contributed by atoms with Crippen LogP contribution in [-0.4, -0.2) is 31.1 Å². The van der Waals surface area contributed by atoms with Crippen molar-refractivity contribution in [2.75, 3.05) is 5.32 Å². The first kappa shape index (κ1) is 17.9. The number of aromatic nitrogens is 5. The number of halogens is 1. The number of amides is 1. The topological polar surface area (TPSA) is 85.6 Å². The first-order valence-corrected chi connectivity index (χ1v) is 9.20. The molecule has 7 nitrogen and oxygen atoms in total. The molecule has 2 heterocycles. The van der Waals surface area contributed by atoms with Crippen molar-refractivity contribution in [1.29, 1.82) is 0 Å². The highest BCUT2D eigenvalue weighted by molar-refractivity contribution is 7.17. The van der Waals surface area contributed by atoms with Gasteiger partial charge >= 0.3 is 0 Å². The number of anilines is 1. The number of carbonyl (C=O) groups excluding carboxylic acids is 1. The Labute approximate surface area is 163 Å². The molecule has 0 unspecified atom stereocenters. The summed E-state index contributed by atoms with van der Waals surface area (Å²) in [5.41, 5.74) is 2.81. The lowest BCUT2D eigenvalue weighted by Crippen LogP contribution is -2.11. The van der Waals surface area contributed by atoms with Gasteiger partial charge in [-0.1, -0.05) is 12.1 Å². The zero-order chi connectivity index (χ0) is 19.7. The highest BCUT2D eigenvalue weighted by Gasteiger charge is 2.17. The van der Waals surface area contributed by atoms with Gasteiger partial charge in [-0.05, 0) is 53.7 Å². The molecule has 2 aromatic carbocycles. The van der Waals surface area contributed by atoms with Crippen LogP contribution in [0.15, 0.2) is 48.5 Å². The third-order valence-electron chi connectivity index (χ3n) is 4.09. The van der Waals surface area contributed by atoms with Gasteiger partial charge in [-0.3, -0.25) is 4.79 Å². The lowest BCUT2D eigenvalue weighted by atomic mass is 10.2. The summed E-state index contributed by atoms with van der Waals surface area (Å²) < 4.78 is 14.7. The molecular formula is C19H15FN6OS. The van der Waals surface area contributed by atoms with Gasteiger partial charge in [-0.15, -0.1) is 16.4 Å². The maximum Gasteiger partial charge on any atom is 0.267 e. The van der Waals surface area contributed by atoms with Crippen molar-refractivity contribution < 1.29 is 9.18 Å². The third kappa shape index (κ3) is 3.52. The number of carbonyl (C=O) groups is 1. The van der Waals surface area contributed by atoms with Crippen molar-refractivity contribution in [3.8, 4) is 22.0 Å². The Balaban J connectivity index is 1.58. The molecule has 28 heavy (non-hydrogen) atoms. The van der Waals surface area contributed by atoms with Crippen LogP contribution in [0.25, 0.3) is 22.0 Å². The molecule has 1 amide bonds. The fourth-order valence-corrected chi connectivity index (χ4v) is 3.69. The molecule has 0 aliphatic carbocycles. The van der Waals surface area contributed by atoms with E-state index in [1.807, 2.05) is 12.1 Å². The number of benzene rings is 2. The van der Waals surface area contributed by atoms with Gasteiger partial charge in [0.2, 0.25) is 0 Å². The Morgan fingerprint density at radius 2 is 1.93 bits per heavy atom. The van der Waals surface area contributed by atoms with Crippen LogP contribution >= 0.6 is 11.3 Å². The molecule has 140 valence electrons. The summed E-state index contributed by atoms with van der Waals surface area (Å²) in [4.78, 5) is 17.7. The summed E-state index contributed by atoms with van der Waals surface area (Å²) in [5.74, 6) is 0.0354. The molecule has 0 aliphatic rings. The quantitative estimate of drug-likeness (QED) is 0.570. The van der Waals surface area contributed by atoms with E-state index in [1.54, 1.807) is 42.9 Å². The van der Waals surface area contributed by atoms with E-state index in [0.717, 1.165) is 11.1 Å². The molecule has 0 saturated heterocycles. The van der Waals surface area contributed by atoms with E-state index >= 15 is 0 Å². The Morgan fingerprint density at radius 1 is 1.14 bits per heavy atom. The Morgan fingerprint density at radius 3 is 2.64 bits per heavy atom. The SMILES string of the molecule is Cc1nc(-c2ccc(F)cc2)sc1C(=O)Nc1cccc(-c2nnnn2C)c1. The van der Waals surface area contributed by atoms with E-state index in [0.29, 0.717) is 27.1 Å². The molecule has 4 rings (SSSR count). The minimum absolute atomic E-state index is 0.253. The van der Waals surface area contributed by atoms with Crippen molar-refractivity contribution in [2.24, 2.45) is 7.05 Å². The first-order chi connectivity index (χ1) is 13.5. The third-order valence-corrected chi connectivity index (χ3v) is 5.30. The smallest absolute Gasteiger partial charge is 0.267 e. The zero-order valence-electron chi connectivity index (χ0n) is 15.0. The highest BCUT2D eigenvalue weighted by atomic mass is 32.1. The molecule has 0 atom stereocenters. The predicted octanol–water partition coefficient (Wildman–Crippen LogP) is 3.70. The molecule has 0 radical (unpaired) electrons. The average Bonchev–Trinajstić information content (AvgIpc) is 3.28. The number of rotatable bonds is 4. The van der Waals surface area contributed by atoms with E-state index in [-0.39, 0.29) is 11.7 Å². The van der Waals surface area contributed by atoms with Crippen LogP contribution in [0.5, 0.6) is 0 Å². The van der Waals surface area contributed by atoms with E-state index in [4.69, 9.17) is 0 Å². The average molecular weight is 394 g/mol. The number of hydrogen-bond acceptors (Lipinski definition) is 6. The van der Waals surface area contributed by atoms with Crippen LogP contribution in [0.4, 0.5) is 10.1 Å². The van der Waals surface area contributed by atoms with Gasteiger partial charge in [0, 0.05) is 23.9 Å². The van der Waals surface area contributed by atoms with Crippen molar-refractivity contribution in [3.05, 3.63) is 64.9 Å². The van der Waals surface area contributed by atoms with E-state index < -0.39 is 0 Å². The van der Waals surface area contributed by atoms with Gasteiger partial charge in [-0.2, -0.15) is 0 Å². The molecule has 2 aromatic heterocycles. The van der Waals surface area contributed by atoms with E-state index in [9.17, 15) is 9.18 Å². The number of tetrazole rings is 1. The summed E-state index contributed by atoms with van der Waals surface area (Å²) in [6.45, 7) is 1.78. The molecule has 0 bridgehead atoms. The number of nitrogens with zero attached hydrogens (tertiary/aromatic N) is 5. The number of hydrogen-bond donors (Lipinski definition) is 1. The van der Waals surface area contributed by atoms with Crippen LogP contribution in [0.1, 0.15) is 15.4 Å². The fraction of sp³-hybridized carbons (Fsp3) is 0.105. The highest BCUT2D eigenvalue weighted by Crippen LogP contribution is 2.29. The van der Waals surface area contributed by atoms with Gasteiger partial charge in [0.1, 0.15) is 15.7 Å². The van der Waals surface area contributed by atoms with Gasteiger partial charge in [0.25, 0.3) is 5.91 Å². The molecule has 0 aliphatic heterocycles. The number of nitrogens with one attached hydrogen (secondary N) is 1. The van der Waals surface area contributed by atoms with E-state index in [2.05, 4.69) is 25.8 Å². The maximum atomic E-state index is 13.1. The summed E-state index contributed by atoms with van der Waals surface area (Å²) in [6.07, 6.45) is 0. The van der Waals surface area contributed by atoms with E-state index in [1.165, 1.54) is 23.5 Å². The van der Waals surface area contributed by atoms with Crippen LogP contribution in [0.3, 0.4) is 0 Å². The predicted molar refractivity (Wildman–Crippen MR) is 104 cm³/mol. The monoisotopic (exact) mass is 394 g/mol. The molecule has 0 saturated carbocycles. The van der Waals surface area contributed by atoms with Crippen molar-refractivity contribution in [2.45, 2.75) is 6.92 Å². The number of aryl methyl sites for hydroxylation is 2. The fourth-order valence-electron chi connectivity index (χ4n) is 2.72. The summed E-state index contributed by atoms with van der Waals surface area (Å²) in [5, 5.41) is 15.0. The molecule has 0 fully saturated rings. The molecule has 4 aromatic rings. The Kier molecular flexibility index (Phi) is 4.66. The van der Waals surface area contributed by atoms with Crippen LogP contribution in [0.2, 0.25) is 0 Å². The lowest BCUT2D eigenvalue weighted by molar-refractivity contribution is 0.103. The summed E-state index contributed by atoms with van der Waals surface area (Å²) >= 11 is 1.27. The minimum atomic E-state index is -0.312. The largest absolute Gasteiger partial charge is 0.321 e. The molecule has 1 N–H and O–H groups in total. The summed E-state index contributed by atoms with van der Waals surface area (Å²) in [6, 6.07) is 13.3. The van der Waals surface area contributed by atoms with Gasteiger partial charge in [0.05, 0.1) is 5.69 Å². The molecule has 0 spiro atoms. The van der Waals surface area contributed by atoms with Crippen LogP contribution in [-0.2, 0) is 7.05 Å². The van der Waals surface area contributed by atoms with Gasteiger partial charge < -0.3 is 5.32 Å². The molecular weight excluding hydrogens is 379 g/mol. The standard InChI is InChI=1S/C19H15FN6OS/c1-11-16(28-19(21-11)12-6-8-14(20)9-7-12)18(27)22-15-5-3-4-13(10-15)17-23-24-25-26(17)2/h3-10H,1-2H3,(H,22,27). The van der Waals surface area contributed by atoms with Gasteiger partial charge in [-0.25, -0.2) is 14.1 Å². The van der Waals surface area contributed by atoms with Crippen molar-refractivity contribution >= 4 is 22.9 Å².